The molecular weight excluding hydrogens is 673 g/mol. The van der Waals surface area contributed by atoms with Crippen LogP contribution in [0.15, 0.2) is 47.4 Å². The van der Waals surface area contributed by atoms with Crippen molar-refractivity contribution < 1.29 is 118 Å². The summed E-state index contributed by atoms with van der Waals surface area (Å²) in [4.78, 5) is 22.2. The number of unbranched alkanes of at least 4 members (excludes halogenated alkanes) is 9. The second-order valence-electron chi connectivity index (χ2n) is 11.0. The molecule has 2 rings (SSSR count). The summed E-state index contributed by atoms with van der Waals surface area (Å²) in [6.07, 6.45) is 15.0. The molecule has 14 heteroatoms. The monoisotopic (exact) mass is 727 g/mol. The molecule has 262 valence electrons. The molecule has 0 heterocycles. The van der Waals surface area contributed by atoms with Gasteiger partial charge < -0.3 is 28.8 Å². The van der Waals surface area contributed by atoms with Crippen LogP contribution in [0.1, 0.15) is 97.0 Å². The van der Waals surface area contributed by atoms with E-state index in [4.69, 9.17) is 9.47 Å². The van der Waals surface area contributed by atoms with Crippen molar-refractivity contribution in [3.63, 3.8) is 0 Å². The number of ether oxygens (including phenoxy) is 2. The summed E-state index contributed by atoms with van der Waals surface area (Å²) in [5, 5.41) is 9.93. The van der Waals surface area contributed by atoms with Gasteiger partial charge in [0.1, 0.15) is 21.6 Å². The maximum Gasteiger partial charge on any atom is 1.00 e. The number of hydrazine groups is 1. The largest absolute Gasteiger partial charge is 1.00 e. The van der Waals surface area contributed by atoms with Crippen LogP contribution in [0.3, 0.4) is 0 Å². The number of amides is 1. The first-order valence-electron chi connectivity index (χ1n) is 16.1. The van der Waals surface area contributed by atoms with Crippen LogP contribution in [0.4, 0.5) is 5.69 Å². The number of anilines is 1. The minimum atomic E-state index is -4.31. The topological polar surface area (TPSA) is 160 Å². The van der Waals surface area contributed by atoms with E-state index in [0.29, 0.717) is 17.2 Å². The molecule has 0 aliphatic rings. The van der Waals surface area contributed by atoms with Gasteiger partial charge in [0.25, 0.3) is 0 Å². The molecule has 2 N–H and O–H groups in total. The zero-order valence-corrected chi connectivity index (χ0v) is 36.5. The summed E-state index contributed by atoms with van der Waals surface area (Å²) in [6, 6.07) is 11.6. The van der Waals surface area contributed by atoms with E-state index >= 15 is 0 Å². The van der Waals surface area contributed by atoms with Crippen molar-refractivity contribution >= 4 is 27.7 Å². The predicted octanol–water partition coefficient (Wildman–Crippen LogP) is -0.693. The molecule has 48 heavy (non-hydrogen) atoms. The van der Waals surface area contributed by atoms with Crippen molar-refractivity contribution in [1.82, 2.24) is 10.3 Å². The van der Waals surface area contributed by atoms with Crippen molar-refractivity contribution in [3.05, 3.63) is 48.0 Å². The molecule has 11 nitrogen and oxygen atoms in total. The van der Waals surface area contributed by atoms with Crippen LogP contribution >= 0.6 is 0 Å². The quantitative estimate of drug-likeness (QED) is 0.0774. The normalized spacial score (nSPS) is 10.2. The number of aliphatic carboxylic acids is 1. The number of rotatable bonds is 20. The van der Waals surface area contributed by atoms with Crippen LogP contribution in [-0.4, -0.2) is 64.1 Å². The van der Waals surface area contributed by atoms with E-state index in [2.05, 4.69) is 17.8 Å². The number of hydrogen-bond donors (Lipinski definition) is 2. The Morgan fingerprint density at radius 1 is 0.833 bits per heavy atom. The first-order chi connectivity index (χ1) is 21.9. The molecule has 0 atom stereocenters. The van der Waals surface area contributed by atoms with Gasteiger partial charge in [0.15, 0.2) is 0 Å². The summed E-state index contributed by atoms with van der Waals surface area (Å²) in [5.41, 5.74) is 6.98. The van der Waals surface area contributed by atoms with Gasteiger partial charge in [0.2, 0.25) is 5.91 Å². The average molecular weight is 728 g/mol. The van der Waals surface area contributed by atoms with E-state index in [1.165, 1.54) is 76.8 Å². The van der Waals surface area contributed by atoms with Crippen molar-refractivity contribution in [2.45, 2.75) is 103 Å². The summed E-state index contributed by atoms with van der Waals surface area (Å²) in [5.74, 6) is 0.113. The number of nitrogens with one attached hydrogen (secondary N) is 2. The van der Waals surface area contributed by atoms with Crippen LogP contribution < -0.4 is 106 Å². The summed E-state index contributed by atoms with van der Waals surface area (Å²) in [7, 11) is 0.578. The van der Waals surface area contributed by atoms with Crippen LogP contribution in [0.2, 0.25) is 0 Å². The molecule has 0 bridgehead atoms. The molecule has 2 aromatic carbocycles. The summed E-state index contributed by atoms with van der Waals surface area (Å²) in [6.45, 7) is 6.52. The number of hydrogen-bond acceptors (Lipinski definition) is 10. The van der Waals surface area contributed by atoms with E-state index < -0.39 is 16.1 Å². The second kappa shape index (κ2) is 32.2. The Hall–Kier alpha value is -0.714. The Bertz CT molecular complexity index is 1220. The maximum atomic E-state index is 10.8. The van der Waals surface area contributed by atoms with E-state index in [1.807, 2.05) is 6.92 Å². The summed E-state index contributed by atoms with van der Waals surface area (Å²) >= 11 is 0. The molecule has 0 radical (unpaired) electrons. The molecule has 0 unspecified atom stereocenters. The molecule has 1 amide bonds. The minimum absolute atomic E-state index is 0. The number of aryl methyl sites for hydroxylation is 1. The molecule has 0 saturated heterocycles. The van der Waals surface area contributed by atoms with Crippen LogP contribution in [0.25, 0.3) is 0 Å². The first-order valence-corrected chi connectivity index (χ1v) is 17.5. The SMILES string of the molecule is CCCCCCCCCCCCc1ccc(S(=O)(=O)[O-])cc1.CCCN(C)CC(=O)[O-].COc1ccc(NNC(C)=O)c(OC)c1.[K+].[Na+]. The van der Waals surface area contributed by atoms with Gasteiger partial charge in [-0.2, -0.15) is 0 Å². The number of carboxylic acid groups (broad SMARTS) is 1. The van der Waals surface area contributed by atoms with Gasteiger partial charge in [-0.25, -0.2) is 8.42 Å². The van der Waals surface area contributed by atoms with E-state index in [-0.39, 0.29) is 98.3 Å². The predicted molar refractivity (Wildman–Crippen MR) is 180 cm³/mol. The number of carbonyl (C=O) groups is 2. The van der Waals surface area contributed by atoms with Crippen LogP contribution in [0, 0.1) is 0 Å². The minimum Gasteiger partial charge on any atom is -0.744 e. The Kier molecular flexibility index (Phi) is 34.7. The number of methoxy groups -OCH3 is 2. The van der Waals surface area contributed by atoms with E-state index in [1.54, 1.807) is 56.5 Å². The van der Waals surface area contributed by atoms with Gasteiger partial charge in [0, 0.05) is 19.5 Å². The fourth-order valence-electron chi connectivity index (χ4n) is 4.38. The van der Waals surface area contributed by atoms with Crippen LogP contribution in [0.5, 0.6) is 11.5 Å². The number of carboxylic acids is 1. The molecule has 0 saturated carbocycles. The molecule has 0 aliphatic heterocycles. The van der Waals surface area contributed by atoms with Crippen molar-refractivity contribution in [2.24, 2.45) is 0 Å². The standard InChI is InChI=1S/C18H30O3S.C10H14N2O3.C6H13NO2.K.Na/c1-2-3-4-5-6-7-8-9-10-11-12-17-13-15-18(16-14-17)22(19,20)21;1-7(13)11-12-9-5-4-8(14-2)6-10(9)15-3;1-3-4-7(2)5-6(8)9;;/h13-16H,2-12H2,1H3,(H,19,20,21);4-6,12H,1-3H3,(H,11,13);3-5H2,1-2H3,(H,8,9);;/q;;;2*+1/p-2. The molecule has 2 aromatic rings. The average Bonchev–Trinajstić information content (AvgIpc) is 3.01. The Labute approximate surface area is 354 Å². The first kappa shape index (κ1) is 51.7. The number of carbonyl (C=O) groups excluding carboxylic acids is 2. The van der Waals surface area contributed by atoms with Crippen molar-refractivity contribution in [1.29, 1.82) is 0 Å². The van der Waals surface area contributed by atoms with Gasteiger partial charge in [-0.3, -0.25) is 15.6 Å². The Balaban J connectivity index is -0.000000678. The van der Waals surface area contributed by atoms with Crippen molar-refractivity contribution in [3.8, 4) is 11.5 Å². The van der Waals surface area contributed by atoms with Gasteiger partial charge in [-0.05, 0) is 62.7 Å². The molecule has 0 aromatic heterocycles. The fraction of sp³-hybridized carbons (Fsp3) is 0.588. The molecule has 0 spiro atoms. The van der Waals surface area contributed by atoms with Gasteiger partial charge in [-0.1, -0.05) is 83.8 Å². The van der Waals surface area contributed by atoms with Gasteiger partial charge in [-0.15, -0.1) is 0 Å². The Morgan fingerprint density at radius 3 is 1.81 bits per heavy atom. The third kappa shape index (κ3) is 28.0. The smallest absolute Gasteiger partial charge is 0.744 e. The molecule has 0 aliphatic carbocycles. The van der Waals surface area contributed by atoms with Crippen LogP contribution in [-0.2, 0) is 26.1 Å². The maximum absolute atomic E-state index is 10.8. The number of nitrogens with zero attached hydrogens (tertiary/aromatic N) is 1. The third-order valence-corrected chi connectivity index (χ3v) is 7.67. The second-order valence-corrected chi connectivity index (χ2v) is 12.4. The number of benzene rings is 2. The third-order valence-electron chi connectivity index (χ3n) is 6.82. The van der Waals surface area contributed by atoms with Gasteiger partial charge >= 0.3 is 80.9 Å². The Morgan fingerprint density at radius 2 is 1.38 bits per heavy atom. The zero-order chi connectivity index (χ0) is 34.8. The van der Waals surface area contributed by atoms with Gasteiger partial charge in [0.05, 0.1) is 30.8 Å². The van der Waals surface area contributed by atoms with E-state index in [9.17, 15) is 27.7 Å². The summed E-state index contributed by atoms with van der Waals surface area (Å²) < 4.78 is 42.7. The molecule has 0 fully saturated rings. The van der Waals surface area contributed by atoms with E-state index in [0.717, 1.165) is 31.4 Å². The fourth-order valence-corrected chi connectivity index (χ4v) is 4.85. The zero-order valence-electron chi connectivity index (χ0n) is 30.6. The molecular formula is C34H55KN3NaO8S. The van der Waals surface area contributed by atoms with Crippen molar-refractivity contribution in [2.75, 3.05) is 39.8 Å². The number of likely N-dealkylation sites (N-methyl/N-ethyl adjacent to an activating group) is 1.